The van der Waals surface area contributed by atoms with Gasteiger partial charge in [-0.3, -0.25) is 0 Å². The Hall–Kier alpha value is -1.85. The first-order valence-electron chi connectivity index (χ1n) is 4.46. The molecule has 0 spiro atoms. The van der Waals surface area contributed by atoms with Crippen LogP contribution in [0.25, 0.3) is 0 Å². The molecule has 2 amide bonds. The SMILES string of the molecule is COC(=O)C1=C(C)C(=NNC(N)=O)CC1. The minimum Gasteiger partial charge on any atom is -0.466 e. The Labute approximate surface area is 87.2 Å². The van der Waals surface area contributed by atoms with Crippen LogP contribution in [0, 0.1) is 0 Å². The number of esters is 1. The topological polar surface area (TPSA) is 93.8 Å². The third-order valence-corrected chi connectivity index (χ3v) is 2.23. The van der Waals surface area contributed by atoms with Crippen LogP contribution in [-0.2, 0) is 9.53 Å². The summed E-state index contributed by atoms with van der Waals surface area (Å²) in [5.41, 5.74) is 9.01. The lowest BCUT2D eigenvalue weighted by atomic mass is 10.2. The molecule has 3 N–H and O–H groups in total. The van der Waals surface area contributed by atoms with Crippen molar-refractivity contribution < 1.29 is 14.3 Å². The molecule has 0 aromatic carbocycles. The molecule has 1 aliphatic carbocycles. The zero-order valence-corrected chi connectivity index (χ0v) is 8.66. The van der Waals surface area contributed by atoms with Gasteiger partial charge < -0.3 is 10.5 Å². The van der Waals surface area contributed by atoms with E-state index < -0.39 is 6.03 Å². The maximum absolute atomic E-state index is 11.3. The lowest BCUT2D eigenvalue weighted by Crippen LogP contribution is -2.25. The van der Waals surface area contributed by atoms with Crippen LogP contribution in [0.2, 0.25) is 0 Å². The monoisotopic (exact) mass is 211 g/mol. The van der Waals surface area contributed by atoms with Gasteiger partial charge >= 0.3 is 12.0 Å². The Bertz CT molecular complexity index is 358. The largest absolute Gasteiger partial charge is 0.466 e. The quantitative estimate of drug-likeness (QED) is 0.508. The summed E-state index contributed by atoms with van der Waals surface area (Å²) >= 11 is 0. The molecule has 0 radical (unpaired) electrons. The fourth-order valence-electron chi connectivity index (χ4n) is 1.43. The zero-order chi connectivity index (χ0) is 11.4. The first kappa shape index (κ1) is 11.2. The highest BCUT2D eigenvalue weighted by molar-refractivity contribution is 6.10. The van der Waals surface area contributed by atoms with Gasteiger partial charge in [-0.1, -0.05) is 0 Å². The summed E-state index contributed by atoms with van der Waals surface area (Å²) in [5, 5.41) is 3.80. The first-order valence-corrected chi connectivity index (χ1v) is 4.46. The van der Waals surface area contributed by atoms with E-state index in [1.54, 1.807) is 6.92 Å². The molecule has 0 fully saturated rings. The van der Waals surface area contributed by atoms with Crippen LogP contribution >= 0.6 is 0 Å². The highest BCUT2D eigenvalue weighted by atomic mass is 16.5. The number of carbonyl (C=O) groups excluding carboxylic acids is 2. The van der Waals surface area contributed by atoms with Gasteiger partial charge in [0.25, 0.3) is 0 Å². The Morgan fingerprint density at radius 1 is 1.47 bits per heavy atom. The van der Waals surface area contributed by atoms with Crippen LogP contribution in [0.5, 0.6) is 0 Å². The summed E-state index contributed by atoms with van der Waals surface area (Å²) in [6, 6.07) is -0.721. The number of amides is 2. The number of carbonyl (C=O) groups is 2. The van der Waals surface area contributed by atoms with Crippen molar-refractivity contribution in [2.75, 3.05) is 7.11 Å². The molecule has 0 aromatic heterocycles. The maximum Gasteiger partial charge on any atom is 0.334 e. The molecule has 0 heterocycles. The van der Waals surface area contributed by atoms with Crippen LogP contribution in [0.4, 0.5) is 4.79 Å². The summed E-state index contributed by atoms with van der Waals surface area (Å²) in [4.78, 5) is 21.7. The van der Waals surface area contributed by atoms with Gasteiger partial charge in [-0.2, -0.15) is 5.10 Å². The van der Waals surface area contributed by atoms with E-state index >= 15 is 0 Å². The standard InChI is InChI=1S/C9H13N3O3/c1-5-6(8(13)15-2)3-4-7(5)11-12-9(10)14/h3-4H2,1-2H3,(H3,10,12,14). The number of nitrogens with one attached hydrogen (secondary N) is 1. The molecule has 0 saturated heterocycles. The van der Waals surface area contributed by atoms with Crippen molar-refractivity contribution in [2.45, 2.75) is 19.8 Å². The third kappa shape index (κ3) is 2.55. The number of nitrogens with zero attached hydrogens (tertiary/aromatic N) is 1. The van der Waals surface area contributed by atoms with E-state index in [0.29, 0.717) is 24.1 Å². The second-order valence-corrected chi connectivity index (χ2v) is 3.13. The number of rotatable bonds is 2. The number of hydrogen-bond acceptors (Lipinski definition) is 4. The first-order chi connectivity index (χ1) is 7.06. The summed E-state index contributed by atoms with van der Waals surface area (Å²) in [5.74, 6) is -0.350. The van der Waals surface area contributed by atoms with Gasteiger partial charge in [0.05, 0.1) is 12.8 Å². The third-order valence-electron chi connectivity index (χ3n) is 2.23. The second-order valence-electron chi connectivity index (χ2n) is 3.13. The van der Waals surface area contributed by atoms with Gasteiger partial charge in [0, 0.05) is 5.57 Å². The lowest BCUT2D eigenvalue weighted by molar-refractivity contribution is -0.136. The van der Waals surface area contributed by atoms with Crippen LogP contribution in [-0.4, -0.2) is 24.8 Å². The van der Waals surface area contributed by atoms with E-state index in [0.717, 1.165) is 5.57 Å². The highest BCUT2D eigenvalue weighted by Crippen LogP contribution is 2.24. The molecule has 0 saturated carbocycles. The van der Waals surface area contributed by atoms with Crippen molar-refractivity contribution in [3.8, 4) is 0 Å². The van der Waals surface area contributed by atoms with Crippen LogP contribution in [0.15, 0.2) is 16.2 Å². The fraction of sp³-hybridized carbons (Fsp3) is 0.444. The van der Waals surface area contributed by atoms with E-state index in [9.17, 15) is 9.59 Å². The fourth-order valence-corrected chi connectivity index (χ4v) is 1.43. The van der Waals surface area contributed by atoms with Crippen LogP contribution < -0.4 is 11.2 Å². The van der Waals surface area contributed by atoms with Crippen LogP contribution in [0.1, 0.15) is 19.8 Å². The van der Waals surface area contributed by atoms with E-state index in [1.807, 2.05) is 0 Å². The van der Waals surface area contributed by atoms with Gasteiger partial charge in [-0.15, -0.1) is 0 Å². The molecular weight excluding hydrogens is 198 g/mol. The van der Waals surface area contributed by atoms with Crippen molar-refractivity contribution in [3.05, 3.63) is 11.1 Å². The average Bonchev–Trinajstić information content (AvgIpc) is 2.56. The summed E-state index contributed by atoms with van der Waals surface area (Å²) in [6.45, 7) is 1.76. The Morgan fingerprint density at radius 3 is 2.67 bits per heavy atom. The minimum atomic E-state index is -0.721. The van der Waals surface area contributed by atoms with Gasteiger partial charge in [0.1, 0.15) is 0 Å². The van der Waals surface area contributed by atoms with Crippen molar-refractivity contribution in [2.24, 2.45) is 10.8 Å². The van der Waals surface area contributed by atoms with E-state index in [1.165, 1.54) is 7.11 Å². The zero-order valence-electron chi connectivity index (χ0n) is 8.66. The number of allylic oxidation sites excluding steroid dienone is 1. The minimum absolute atomic E-state index is 0.350. The molecule has 1 rings (SSSR count). The predicted octanol–water partition coefficient (Wildman–Crippen LogP) is 0.294. The van der Waals surface area contributed by atoms with Crippen LogP contribution in [0.3, 0.4) is 0 Å². The number of hydrogen-bond donors (Lipinski definition) is 2. The summed E-state index contributed by atoms with van der Waals surface area (Å²) in [6.07, 6.45) is 1.19. The molecular formula is C9H13N3O3. The Balaban J connectivity index is 2.82. The van der Waals surface area contributed by atoms with Crippen molar-refractivity contribution in [3.63, 3.8) is 0 Å². The molecule has 6 nitrogen and oxygen atoms in total. The molecule has 0 aliphatic heterocycles. The molecule has 0 bridgehead atoms. The Morgan fingerprint density at radius 2 is 2.13 bits per heavy atom. The van der Waals surface area contributed by atoms with Gasteiger partial charge in [-0.25, -0.2) is 15.0 Å². The number of primary amides is 1. The number of nitrogens with two attached hydrogens (primary N) is 1. The normalized spacial score (nSPS) is 18.1. The molecule has 15 heavy (non-hydrogen) atoms. The number of ether oxygens (including phenoxy) is 1. The maximum atomic E-state index is 11.3. The van der Waals surface area contributed by atoms with Gasteiger partial charge in [0.15, 0.2) is 0 Å². The molecule has 82 valence electrons. The van der Waals surface area contributed by atoms with Gasteiger partial charge in [-0.05, 0) is 25.3 Å². The second kappa shape index (κ2) is 4.59. The van der Waals surface area contributed by atoms with Crippen molar-refractivity contribution >= 4 is 17.7 Å². The average molecular weight is 211 g/mol. The number of hydrazone groups is 1. The molecule has 0 unspecified atom stereocenters. The van der Waals surface area contributed by atoms with E-state index in [-0.39, 0.29) is 5.97 Å². The van der Waals surface area contributed by atoms with E-state index in [4.69, 9.17) is 5.73 Å². The van der Waals surface area contributed by atoms with Crippen molar-refractivity contribution in [1.82, 2.24) is 5.43 Å². The van der Waals surface area contributed by atoms with Crippen molar-refractivity contribution in [1.29, 1.82) is 0 Å². The molecule has 0 atom stereocenters. The lowest BCUT2D eigenvalue weighted by Gasteiger charge is -2.00. The molecule has 6 heteroatoms. The predicted molar refractivity (Wildman–Crippen MR) is 54.1 cm³/mol. The Kier molecular flexibility index (Phi) is 3.43. The summed E-state index contributed by atoms with van der Waals surface area (Å²) in [7, 11) is 1.33. The highest BCUT2D eigenvalue weighted by Gasteiger charge is 2.23. The summed E-state index contributed by atoms with van der Waals surface area (Å²) < 4.78 is 4.61. The molecule has 0 aromatic rings. The molecule has 1 aliphatic rings. The van der Waals surface area contributed by atoms with Gasteiger partial charge in [0.2, 0.25) is 0 Å². The number of urea groups is 1. The smallest absolute Gasteiger partial charge is 0.334 e. The number of methoxy groups -OCH3 is 1. The van der Waals surface area contributed by atoms with E-state index in [2.05, 4.69) is 15.3 Å².